The van der Waals surface area contributed by atoms with Crippen molar-refractivity contribution in [1.82, 2.24) is 0 Å². The summed E-state index contributed by atoms with van der Waals surface area (Å²) >= 11 is 6.12. The molecule has 1 aliphatic heterocycles. The lowest BCUT2D eigenvalue weighted by Gasteiger charge is -2.10. The summed E-state index contributed by atoms with van der Waals surface area (Å²) in [6.45, 7) is 2.96. The molecule has 0 unspecified atom stereocenters. The van der Waals surface area contributed by atoms with Crippen LogP contribution in [0.4, 0.5) is 0 Å². The van der Waals surface area contributed by atoms with Crippen LogP contribution >= 0.6 is 11.6 Å². The van der Waals surface area contributed by atoms with Gasteiger partial charge in [0.1, 0.15) is 6.29 Å². The van der Waals surface area contributed by atoms with E-state index in [-0.39, 0.29) is 0 Å². The predicted molar refractivity (Wildman–Crippen MR) is 66.8 cm³/mol. The van der Waals surface area contributed by atoms with Crippen molar-refractivity contribution in [1.29, 1.82) is 0 Å². The number of hydrogen-bond donors (Lipinski definition) is 0. The molecule has 1 heterocycles. The molecule has 0 aliphatic carbocycles. The molecule has 0 saturated heterocycles. The molecule has 0 N–H and O–H groups in total. The zero-order valence-corrected chi connectivity index (χ0v) is 10.3. The Labute approximate surface area is 105 Å². The normalized spacial score (nSPS) is 15.3. The maximum Gasteiger partial charge on any atom is 0.179 e. The molecule has 0 amide bonds. The van der Waals surface area contributed by atoms with Crippen molar-refractivity contribution in [3.8, 4) is 11.5 Å². The summed E-state index contributed by atoms with van der Waals surface area (Å²) in [6, 6.07) is 3.60. The standard InChI is InChI=1S/C13H13ClO3/c1-9(8-15)5-10-6-11(14)13-12(7-10)16-3-2-4-17-13/h5-8H,2-4H2,1H3. The van der Waals surface area contributed by atoms with Crippen LogP contribution < -0.4 is 9.47 Å². The molecule has 1 aromatic rings. The molecule has 90 valence electrons. The second-order valence-corrected chi connectivity index (χ2v) is 4.29. The number of aldehydes is 1. The van der Waals surface area contributed by atoms with Crippen LogP contribution in [-0.2, 0) is 4.79 Å². The lowest BCUT2D eigenvalue weighted by atomic mass is 10.1. The highest BCUT2D eigenvalue weighted by atomic mass is 35.5. The second kappa shape index (κ2) is 5.23. The zero-order chi connectivity index (χ0) is 12.3. The number of hydrogen-bond acceptors (Lipinski definition) is 3. The third-order valence-electron chi connectivity index (χ3n) is 2.40. The van der Waals surface area contributed by atoms with Crippen LogP contribution in [0.25, 0.3) is 6.08 Å². The molecule has 3 nitrogen and oxygen atoms in total. The van der Waals surface area contributed by atoms with Crippen LogP contribution in [-0.4, -0.2) is 19.5 Å². The van der Waals surface area contributed by atoms with Crippen molar-refractivity contribution in [2.45, 2.75) is 13.3 Å². The first kappa shape index (κ1) is 12.0. The molecule has 0 bridgehead atoms. The molecule has 0 saturated carbocycles. The summed E-state index contributed by atoms with van der Waals surface area (Å²) in [7, 11) is 0. The summed E-state index contributed by atoms with van der Waals surface area (Å²) in [5.41, 5.74) is 1.47. The maximum absolute atomic E-state index is 10.6. The van der Waals surface area contributed by atoms with Gasteiger partial charge in [0.05, 0.1) is 18.2 Å². The first-order valence-electron chi connectivity index (χ1n) is 5.43. The third-order valence-corrected chi connectivity index (χ3v) is 2.69. The Morgan fingerprint density at radius 3 is 2.88 bits per heavy atom. The van der Waals surface area contributed by atoms with Gasteiger partial charge in [-0.2, -0.15) is 0 Å². The molecular weight excluding hydrogens is 240 g/mol. The Kier molecular flexibility index (Phi) is 3.69. The Bertz CT molecular complexity index is 466. The van der Waals surface area contributed by atoms with Crippen molar-refractivity contribution < 1.29 is 14.3 Å². The van der Waals surface area contributed by atoms with Crippen LogP contribution in [0.15, 0.2) is 17.7 Å². The van der Waals surface area contributed by atoms with Crippen LogP contribution in [0, 0.1) is 0 Å². The SMILES string of the molecule is CC(C=O)=Cc1cc(Cl)c2c(c1)OCCCO2. The molecule has 0 fully saturated rings. The molecule has 1 aromatic carbocycles. The van der Waals surface area contributed by atoms with Gasteiger partial charge in [-0.1, -0.05) is 11.6 Å². The van der Waals surface area contributed by atoms with Crippen molar-refractivity contribution in [2.24, 2.45) is 0 Å². The zero-order valence-electron chi connectivity index (χ0n) is 9.53. The monoisotopic (exact) mass is 252 g/mol. The van der Waals surface area contributed by atoms with Crippen molar-refractivity contribution in [3.05, 3.63) is 28.3 Å². The van der Waals surface area contributed by atoms with Crippen molar-refractivity contribution >= 4 is 24.0 Å². The highest BCUT2D eigenvalue weighted by Crippen LogP contribution is 2.38. The van der Waals surface area contributed by atoms with E-state index >= 15 is 0 Å². The van der Waals surface area contributed by atoms with E-state index in [0.717, 1.165) is 18.3 Å². The highest BCUT2D eigenvalue weighted by Gasteiger charge is 2.14. The molecule has 4 heteroatoms. The average molecular weight is 253 g/mol. The average Bonchev–Trinajstić information content (AvgIpc) is 2.54. The lowest BCUT2D eigenvalue weighted by Crippen LogP contribution is -1.97. The van der Waals surface area contributed by atoms with E-state index in [9.17, 15) is 4.79 Å². The highest BCUT2D eigenvalue weighted by molar-refractivity contribution is 6.32. The van der Waals surface area contributed by atoms with Crippen molar-refractivity contribution in [2.75, 3.05) is 13.2 Å². The summed E-state index contributed by atoms with van der Waals surface area (Å²) in [5.74, 6) is 1.23. The van der Waals surface area contributed by atoms with Gasteiger partial charge in [0.15, 0.2) is 11.5 Å². The topological polar surface area (TPSA) is 35.5 Å². The van der Waals surface area contributed by atoms with Gasteiger partial charge >= 0.3 is 0 Å². The fraction of sp³-hybridized carbons (Fsp3) is 0.308. The van der Waals surface area contributed by atoms with E-state index in [0.29, 0.717) is 35.3 Å². The van der Waals surface area contributed by atoms with Gasteiger partial charge in [-0.15, -0.1) is 0 Å². The number of allylic oxidation sites excluding steroid dienone is 1. The maximum atomic E-state index is 10.6. The number of carbonyl (C=O) groups is 1. The fourth-order valence-electron chi connectivity index (χ4n) is 1.63. The first-order valence-corrected chi connectivity index (χ1v) is 5.81. The van der Waals surface area contributed by atoms with E-state index in [4.69, 9.17) is 21.1 Å². The second-order valence-electron chi connectivity index (χ2n) is 3.89. The largest absolute Gasteiger partial charge is 0.489 e. The van der Waals surface area contributed by atoms with Crippen LogP contribution in [0.2, 0.25) is 5.02 Å². The molecule has 17 heavy (non-hydrogen) atoms. The molecule has 0 atom stereocenters. The number of halogens is 1. The molecule has 0 spiro atoms. The minimum absolute atomic E-state index is 0.509. The van der Waals surface area contributed by atoms with Crippen LogP contribution in [0.3, 0.4) is 0 Å². The molecule has 1 aliphatic rings. The van der Waals surface area contributed by atoms with E-state index in [1.54, 1.807) is 19.1 Å². The van der Waals surface area contributed by atoms with E-state index in [1.165, 1.54) is 0 Å². The molecule has 2 rings (SSSR count). The van der Waals surface area contributed by atoms with E-state index in [1.807, 2.05) is 6.07 Å². The van der Waals surface area contributed by atoms with Crippen molar-refractivity contribution in [3.63, 3.8) is 0 Å². The summed E-state index contributed by atoms with van der Waals surface area (Å²) in [4.78, 5) is 10.6. The van der Waals surface area contributed by atoms with Gasteiger partial charge < -0.3 is 9.47 Å². The van der Waals surface area contributed by atoms with Gasteiger partial charge in [-0.3, -0.25) is 4.79 Å². The first-order chi connectivity index (χ1) is 8.20. The Morgan fingerprint density at radius 1 is 1.35 bits per heavy atom. The predicted octanol–water partition coefficient (Wildman–Crippen LogP) is 3.10. The minimum Gasteiger partial charge on any atom is -0.489 e. The van der Waals surface area contributed by atoms with E-state index in [2.05, 4.69) is 0 Å². The lowest BCUT2D eigenvalue weighted by molar-refractivity contribution is -0.104. The molecular formula is C13H13ClO3. The number of ether oxygens (including phenoxy) is 2. The smallest absolute Gasteiger partial charge is 0.179 e. The van der Waals surface area contributed by atoms with Gasteiger partial charge in [-0.05, 0) is 36.3 Å². The van der Waals surface area contributed by atoms with Crippen LogP contribution in [0.1, 0.15) is 18.9 Å². The number of fused-ring (bicyclic) bond motifs is 1. The van der Waals surface area contributed by atoms with Gasteiger partial charge in [-0.25, -0.2) is 0 Å². The van der Waals surface area contributed by atoms with Gasteiger partial charge in [0.2, 0.25) is 0 Å². The molecule has 0 aromatic heterocycles. The summed E-state index contributed by atoms with van der Waals surface area (Å²) in [6.07, 6.45) is 3.40. The Hall–Kier alpha value is -1.48. The van der Waals surface area contributed by atoms with Crippen LogP contribution in [0.5, 0.6) is 11.5 Å². The van der Waals surface area contributed by atoms with E-state index < -0.39 is 0 Å². The quantitative estimate of drug-likeness (QED) is 0.599. The molecule has 0 radical (unpaired) electrons. The number of rotatable bonds is 2. The Balaban J connectivity index is 2.42. The van der Waals surface area contributed by atoms with Gasteiger partial charge in [0.25, 0.3) is 0 Å². The fourth-order valence-corrected chi connectivity index (χ4v) is 1.90. The third kappa shape index (κ3) is 2.80. The Morgan fingerprint density at radius 2 is 2.12 bits per heavy atom. The number of benzene rings is 1. The minimum atomic E-state index is 0.509. The number of carbonyl (C=O) groups excluding carboxylic acids is 1. The summed E-state index contributed by atoms with van der Waals surface area (Å²) in [5, 5.41) is 0.509. The summed E-state index contributed by atoms with van der Waals surface area (Å²) < 4.78 is 11.1. The van der Waals surface area contributed by atoms with Gasteiger partial charge in [0, 0.05) is 6.42 Å².